The van der Waals surface area contributed by atoms with Crippen LogP contribution in [-0.4, -0.2) is 20.3 Å². The van der Waals surface area contributed by atoms with E-state index in [1.165, 1.54) is 6.07 Å². The van der Waals surface area contributed by atoms with Crippen LogP contribution in [0.4, 0.5) is 4.39 Å². The third-order valence-electron chi connectivity index (χ3n) is 2.23. The second kappa shape index (κ2) is 4.66. The zero-order chi connectivity index (χ0) is 9.26. The van der Waals surface area contributed by atoms with E-state index in [2.05, 4.69) is 0 Å². The highest BCUT2D eigenvalue weighted by Crippen LogP contribution is 2.35. The molecule has 0 unspecified atom stereocenters. The van der Waals surface area contributed by atoms with Gasteiger partial charge in [0.2, 0.25) is 0 Å². The van der Waals surface area contributed by atoms with Gasteiger partial charge in [-0.05, 0) is 6.07 Å². The van der Waals surface area contributed by atoms with E-state index < -0.39 is 0 Å². The van der Waals surface area contributed by atoms with Crippen molar-refractivity contribution in [2.45, 2.75) is 5.92 Å². The Labute approximate surface area is 89.5 Å². The van der Waals surface area contributed by atoms with E-state index in [0.717, 1.165) is 5.56 Å². The summed E-state index contributed by atoms with van der Waals surface area (Å²) in [5, 5.41) is 0. The molecular weight excluding hydrogens is 203 g/mol. The van der Waals surface area contributed by atoms with Crippen LogP contribution in [0, 0.1) is 5.82 Å². The summed E-state index contributed by atoms with van der Waals surface area (Å²) >= 11 is 0. The van der Waals surface area contributed by atoms with Gasteiger partial charge in [-0.25, -0.2) is 4.39 Å². The zero-order valence-corrected chi connectivity index (χ0v) is 8.92. The van der Waals surface area contributed by atoms with Crippen molar-refractivity contribution in [3.63, 3.8) is 0 Å². The SMILES string of the molecule is COC[C@H]1COc2c(F)cccc21.S. The Bertz CT molecular complexity index is 317. The van der Waals surface area contributed by atoms with Crippen LogP contribution in [0.2, 0.25) is 0 Å². The molecule has 1 heterocycles. The predicted molar refractivity (Wildman–Crippen MR) is 56.9 cm³/mol. The Hall–Kier alpha value is -0.740. The predicted octanol–water partition coefficient (Wildman–Crippen LogP) is 2.06. The number of hydrogen-bond donors (Lipinski definition) is 0. The maximum absolute atomic E-state index is 13.1. The highest BCUT2D eigenvalue weighted by Gasteiger charge is 2.26. The average molecular weight is 216 g/mol. The van der Waals surface area contributed by atoms with Gasteiger partial charge in [0.1, 0.15) is 0 Å². The summed E-state index contributed by atoms with van der Waals surface area (Å²) < 4.78 is 23.4. The van der Waals surface area contributed by atoms with Gasteiger partial charge in [-0.15, -0.1) is 0 Å². The lowest BCUT2D eigenvalue weighted by Crippen LogP contribution is -2.07. The Kier molecular flexibility index (Phi) is 3.77. The molecule has 2 rings (SSSR count). The summed E-state index contributed by atoms with van der Waals surface area (Å²) in [5.41, 5.74) is 0.918. The lowest BCUT2D eigenvalue weighted by Gasteiger charge is -2.05. The molecule has 0 aliphatic carbocycles. The fourth-order valence-corrected chi connectivity index (χ4v) is 1.61. The maximum atomic E-state index is 13.1. The first-order valence-corrected chi connectivity index (χ1v) is 4.23. The molecule has 4 heteroatoms. The van der Waals surface area contributed by atoms with E-state index in [9.17, 15) is 4.39 Å². The normalized spacial score (nSPS) is 18.3. The molecule has 14 heavy (non-hydrogen) atoms. The first-order valence-electron chi connectivity index (χ1n) is 4.23. The largest absolute Gasteiger partial charge is 0.489 e. The van der Waals surface area contributed by atoms with Crippen molar-refractivity contribution < 1.29 is 13.9 Å². The number of benzene rings is 1. The number of hydrogen-bond acceptors (Lipinski definition) is 2. The Morgan fingerprint density at radius 2 is 2.36 bits per heavy atom. The second-order valence-corrected chi connectivity index (χ2v) is 3.12. The third-order valence-corrected chi connectivity index (χ3v) is 2.23. The monoisotopic (exact) mass is 216 g/mol. The highest BCUT2D eigenvalue weighted by molar-refractivity contribution is 7.59. The molecule has 78 valence electrons. The van der Waals surface area contributed by atoms with Gasteiger partial charge in [0, 0.05) is 18.6 Å². The topological polar surface area (TPSA) is 18.5 Å². The molecule has 0 amide bonds. The number of methoxy groups -OCH3 is 1. The van der Waals surface area contributed by atoms with Gasteiger partial charge >= 0.3 is 0 Å². The molecule has 0 aromatic heterocycles. The van der Waals surface area contributed by atoms with Crippen molar-refractivity contribution in [2.24, 2.45) is 0 Å². The van der Waals surface area contributed by atoms with E-state index in [-0.39, 0.29) is 25.2 Å². The first kappa shape index (κ1) is 11.3. The van der Waals surface area contributed by atoms with Crippen LogP contribution in [0.15, 0.2) is 18.2 Å². The van der Waals surface area contributed by atoms with Crippen molar-refractivity contribution in [2.75, 3.05) is 20.3 Å². The van der Waals surface area contributed by atoms with E-state index in [0.29, 0.717) is 19.0 Å². The van der Waals surface area contributed by atoms with Gasteiger partial charge < -0.3 is 9.47 Å². The van der Waals surface area contributed by atoms with Gasteiger partial charge in [0.05, 0.1) is 13.2 Å². The molecule has 0 radical (unpaired) electrons. The van der Waals surface area contributed by atoms with Crippen LogP contribution >= 0.6 is 13.5 Å². The molecule has 0 fully saturated rings. The molecule has 0 saturated carbocycles. The van der Waals surface area contributed by atoms with E-state index >= 15 is 0 Å². The van der Waals surface area contributed by atoms with Gasteiger partial charge in [-0.2, -0.15) is 13.5 Å². The van der Waals surface area contributed by atoms with Crippen LogP contribution in [0.25, 0.3) is 0 Å². The molecule has 2 nitrogen and oxygen atoms in total. The van der Waals surface area contributed by atoms with Crippen LogP contribution in [0.3, 0.4) is 0 Å². The van der Waals surface area contributed by atoms with Crippen molar-refractivity contribution in [3.8, 4) is 5.75 Å². The lowest BCUT2D eigenvalue weighted by molar-refractivity contribution is 0.165. The zero-order valence-electron chi connectivity index (χ0n) is 7.92. The van der Waals surface area contributed by atoms with E-state index in [4.69, 9.17) is 9.47 Å². The molecule has 0 bridgehead atoms. The summed E-state index contributed by atoms with van der Waals surface area (Å²) in [6.07, 6.45) is 0. The van der Waals surface area contributed by atoms with Gasteiger partial charge in [-0.1, -0.05) is 12.1 Å². The van der Waals surface area contributed by atoms with Crippen molar-refractivity contribution >= 4 is 13.5 Å². The van der Waals surface area contributed by atoms with E-state index in [1.807, 2.05) is 6.07 Å². The van der Waals surface area contributed by atoms with Gasteiger partial charge in [-0.3, -0.25) is 0 Å². The summed E-state index contributed by atoms with van der Waals surface area (Å²) in [6.45, 7) is 1.10. The van der Waals surface area contributed by atoms with E-state index in [1.54, 1.807) is 13.2 Å². The number of halogens is 1. The Morgan fingerprint density at radius 1 is 1.57 bits per heavy atom. The first-order chi connectivity index (χ1) is 6.33. The van der Waals surface area contributed by atoms with Crippen molar-refractivity contribution in [1.29, 1.82) is 0 Å². The summed E-state index contributed by atoms with van der Waals surface area (Å²) in [5.74, 6) is 0.288. The van der Waals surface area contributed by atoms with Crippen molar-refractivity contribution in [3.05, 3.63) is 29.6 Å². The molecule has 1 aromatic carbocycles. The fourth-order valence-electron chi connectivity index (χ4n) is 1.61. The van der Waals surface area contributed by atoms with Gasteiger partial charge in [0.15, 0.2) is 11.6 Å². The van der Waals surface area contributed by atoms with Crippen LogP contribution < -0.4 is 4.74 Å². The Morgan fingerprint density at radius 3 is 3.07 bits per heavy atom. The van der Waals surface area contributed by atoms with Crippen LogP contribution in [-0.2, 0) is 4.74 Å². The fraction of sp³-hybridized carbons (Fsp3) is 0.400. The molecule has 0 spiro atoms. The lowest BCUT2D eigenvalue weighted by atomic mass is 10.0. The minimum Gasteiger partial charge on any atom is -0.489 e. The average Bonchev–Trinajstić information content (AvgIpc) is 2.51. The second-order valence-electron chi connectivity index (χ2n) is 3.12. The quantitative estimate of drug-likeness (QED) is 0.753. The number of rotatable bonds is 2. The summed E-state index contributed by atoms with van der Waals surface area (Å²) in [4.78, 5) is 0. The smallest absolute Gasteiger partial charge is 0.165 e. The molecule has 1 aromatic rings. The number of fused-ring (bicyclic) bond motifs is 1. The highest BCUT2D eigenvalue weighted by atomic mass is 32.1. The molecule has 0 N–H and O–H groups in total. The number of ether oxygens (including phenoxy) is 2. The minimum absolute atomic E-state index is 0. The van der Waals surface area contributed by atoms with Crippen LogP contribution in [0.5, 0.6) is 5.75 Å². The molecule has 1 aliphatic rings. The standard InChI is InChI=1S/C10H11FO2.H2S/c1-12-5-7-6-13-10-8(7)3-2-4-9(10)11;/h2-4,7H,5-6H2,1H3;1H2/t7-;/m0./s1. The van der Waals surface area contributed by atoms with Gasteiger partial charge in [0.25, 0.3) is 0 Å². The van der Waals surface area contributed by atoms with Crippen LogP contribution in [0.1, 0.15) is 11.5 Å². The molecule has 0 saturated heterocycles. The minimum atomic E-state index is -0.281. The molecule has 1 aliphatic heterocycles. The molecule has 1 atom stereocenters. The number of para-hydroxylation sites is 1. The maximum Gasteiger partial charge on any atom is 0.165 e. The third kappa shape index (κ3) is 1.86. The summed E-state index contributed by atoms with van der Waals surface area (Å²) in [6, 6.07) is 4.99. The van der Waals surface area contributed by atoms with Crippen molar-refractivity contribution in [1.82, 2.24) is 0 Å². The molecular formula is C10H13FO2S. The summed E-state index contributed by atoms with van der Waals surface area (Å²) in [7, 11) is 1.64. The Balaban J connectivity index is 0.000000980.